The first kappa shape index (κ1) is 22.9. The van der Waals surface area contributed by atoms with Crippen molar-refractivity contribution in [3.05, 3.63) is 24.3 Å². The maximum Gasteiger partial charge on any atom is 0.410 e. The average molecular weight is 439 g/mol. The molecular weight excluding hydrogens is 404 g/mol. The number of hydrogen-bond donors (Lipinski definition) is 0. The van der Waals surface area contributed by atoms with Gasteiger partial charge in [0.15, 0.2) is 9.84 Å². The Kier molecular flexibility index (Phi) is 7.63. The maximum atomic E-state index is 12.0. The summed E-state index contributed by atoms with van der Waals surface area (Å²) in [5.41, 5.74) is 0. The van der Waals surface area contributed by atoms with E-state index in [9.17, 15) is 13.2 Å². The Labute approximate surface area is 180 Å². The summed E-state index contributed by atoms with van der Waals surface area (Å²) >= 11 is 0. The summed E-state index contributed by atoms with van der Waals surface area (Å²) in [7, 11) is -3.17. The second-order valence-corrected chi connectivity index (χ2v) is 10.7. The minimum absolute atomic E-state index is 0.0781. The summed E-state index contributed by atoms with van der Waals surface area (Å²) in [6.07, 6.45) is 5.48. The second-order valence-electron chi connectivity index (χ2n) is 8.68. The van der Waals surface area contributed by atoms with Crippen LogP contribution in [0.4, 0.5) is 4.79 Å². The molecule has 1 aromatic rings. The van der Waals surface area contributed by atoms with Crippen LogP contribution >= 0.6 is 0 Å². The van der Waals surface area contributed by atoms with Gasteiger partial charge in [-0.3, -0.25) is 4.90 Å². The van der Waals surface area contributed by atoms with E-state index in [1.165, 1.54) is 6.26 Å². The molecule has 1 aliphatic heterocycles. The predicted octanol–water partition coefficient (Wildman–Crippen LogP) is 3.19. The van der Waals surface area contributed by atoms with Gasteiger partial charge in [-0.1, -0.05) is 0 Å². The maximum absolute atomic E-state index is 12.0. The Morgan fingerprint density at radius 1 is 1.03 bits per heavy atom. The van der Waals surface area contributed by atoms with Crippen LogP contribution < -0.4 is 4.74 Å². The molecule has 30 heavy (non-hydrogen) atoms. The molecule has 0 aromatic heterocycles. The molecule has 0 spiro atoms. The summed E-state index contributed by atoms with van der Waals surface area (Å²) in [6.45, 7) is 7.70. The van der Waals surface area contributed by atoms with Crippen molar-refractivity contribution in [1.82, 2.24) is 9.80 Å². The summed E-state index contributed by atoms with van der Waals surface area (Å²) in [4.78, 5) is 16.7. The first-order valence-corrected chi connectivity index (χ1v) is 12.7. The highest BCUT2D eigenvalue weighted by Gasteiger charge is 2.30. The lowest BCUT2D eigenvalue weighted by molar-refractivity contribution is 0.0378. The molecule has 8 heteroatoms. The fourth-order valence-electron chi connectivity index (χ4n) is 4.22. The fourth-order valence-corrected chi connectivity index (χ4v) is 4.85. The standard InChI is InChI=1S/C22H34N2O5S/c1-17(2)29-22(25)24-14-12-23(13-15-24)19-6-4-18(5-7-19)16-28-20-8-10-21(11-9-20)30(3,26)27/h8-11,17-19H,4-7,12-16H2,1-3H3/t18-,19-. The van der Waals surface area contributed by atoms with Gasteiger partial charge in [0.05, 0.1) is 17.6 Å². The molecule has 2 fully saturated rings. The van der Waals surface area contributed by atoms with Crippen molar-refractivity contribution in [1.29, 1.82) is 0 Å². The normalized spacial score (nSPS) is 23.4. The Balaban J connectivity index is 1.38. The number of benzene rings is 1. The first-order chi connectivity index (χ1) is 14.2. The number of nitrogens with zero attached hydrogens (tertiary/aromatic N) is 2. The largest absolute Gasteiger partial charge is 0.493 e. The van der Waals surface area contributed by atoms with Crippen molar-refractivity contribution in [3.63, 3.8) is 0 Å². The van der Waals surface area contributed by atoms with Crippen LogP contribution in [0.5, 0.6) is 5.75 Å². The van der Waals surface area contributed by atoms with Crippen LogP contribution in [0.1, 0.15) is 39.5 Å². The molecule has 0 bridgehead atoms. The van der Waals surface area contributed by atoms with E-state index < -0.39 is 9.84 Å². The van der Waals surface area contributed by atoms with E-state index in [1.807, 2.05) is 18.7 Å². The summed E-state index contributed by atoms with van der Waals surface area (Å²) < 4.78 is 34.3. The number of carbonyl (C=O) groups excluding carboxylic acids is 1. The highest BCUT2D eigenvalue weighted by atomic mass is 32.2. The quantitative estimate of drug-likeness (QED) is 0.679. The van der Waals surface area contributed by atoms with Gasteiger partial charge in [-0.15, -0.1) is 0 Å². The SMILES string of the molecule is CC(C)OC(=O)N1CCN([C@H]2CC[C@H](COc3ccc(S(C)(=O)=O)cc3)CC2)CC1. The first-order valence-electron chi connectivity index (χ1n) is 10.8. The van der Waals surface area contributed by atoms with Crippen LogP contribution in [0.15, 0.2) is 29.2 Å². The van der Waals surface area contributed by atoms with Gasteiger partial charge in [0.1, 0.15) is 5.75 Å². The number of carbonyl (C=O) groups is 1. The lowest BCUT2D eigenvalue weighted by Gasteiger charge is -2.41. The van der Waals surface area contributed by atoms with E-state index in [4.69, 9.17) is 9.47 Å². The van der Waals surface area contributed by atoms with Crippen molar-refractivity contribution in [2.45, 2.75) is 56.6 Å². The van der Waals surface area contributed by atoms with Gasteiger partial charge in [0.2, 0.25) is 0 Å². The molecule has 3 rings (SSSR count). The number of rotatable bonds is 6. The Bertz CT molecular complexity index is 793. The van der Waals surface area contributed by atoms with E-state index in [0.717, 1.165) is 51.9 Å². The molecule has 1 heterocycles. The van der Waals surface area contributed by atoms with E-state index in [-0.39, 0.29) is 12.2 Å². The molecule has 0 atom stereocenters. The number of hydrogen-bond acceptors (Lipinski definition) is 6. The summed E-state index contributed by atoms with van der Waals surface area (Å²) in [6, 6.07) is 7.23. The molecule has 1 aliphatic carbocycles. The van der Waals surface area contributed by atoms with Crippen LogP contribution in [-0.4, -0.2) is 75.5 Å². The van der Waals surface area contributed by atoms with E-state index in [2.05, 4.69) is 4.90 Å². The van der Waals surface area contributed by atoms with Crippen molar-refractivity contribution in [2.24, 2.45) is 5.92 Å². The zero-order valence-electron chi connectivity index (χ0n) is 18.2. The van der Waals surface area contributed by atoms with Crippen molar-refractivity contribution in [2.75, 3.05) is 39.0 Å². The third-order valence-electron chi connectivity index (χ3n) is 5.98. The molecule has 1 aromatic carbocycles. The molecule has 168 valence electrons. The van der Waals surface area contributed by atoms with E-state index in [1.54, 1.807) is 24.3 Å². The Morgan fingerprint density at radius 2 is 1.63 bits per heavy atom. The van der Waals surface area contributed by atoms with Gasteiger partial charge in [-0.05, 0) is 69.7 Å². The minimum Gasteiger partial charge on any atom is -0.493 e. The molecule has 0 N–H and O–H groups in total. The monoisotopic (exact) mass is 438 g/mol. The smallest absolute Gasteiger partial charge is 0.410 e. The average Bonchev–Trinajstić information content (AvgIpc) is 2.72. The predicted molar refractivity (Wildman–Crippen MR) is 116 cm³/mol. The minimum atomic E-state index is -3.17. The zero-order valence-corrected chi connectivity index (χ0v) is 19.1. The number of sulfone groups is 1. The number of ether oxygens (including phenoxy) is 2. The topological polar surface area (TPSA) is 76.2 Å². The molecule has 1 saturated carbocycles. The van der Waals surface area contributed by atoms with Gasteiger partial charge in [-0.2, -0.15) is 0 Å². The summed E-state index contributed by atoms with van der Waals surface area (Å²) in [5.74, 6) is 1.24. The van der Waals surface area contributed by atoms with Gasteiger partial charge >= 0.3 is 6.09 Å². The van der Waals surface area contributed by atoms with Crippen LogP contribution in [0.3, 0.4) is 0 Å². The van der Waals surface area contributed by atoms with E-state index >= 15 is 0 Å². The van der Waals surface area contributed by atoms with Crippen molar-refractivity contribution >= 4 is 15.9 Å². The molecule has 0 unspecified atom stereocenters. The van der Waals surface area contributed by atoms with Crippen LogP contribution in [0.2, 0.25) is 0 Å². The van der Waals surface area contributed by atoms with E-state index in [0.29, 0.717) is 29.2 Å². The van der Waals surface area contributed by atoms with Crippen LogP contribution in [-0.2, 0) is 14.6 Å². The van der Waals surface area contributed by atoms with Gasteiger partial charge in [0.25, 0.3) is 0 Å². The van der Waals surface area contributed by atoms with Gasteiger partial charge in [0, 0.05) is 38.5 Å². The van der Waals surface area contributed by atoms with Crippen LogP contribution in [0, 0.1) is 5.92 Å². The highest BCUT2D eigenvalue weighted by molar-refractivity contribution is 7.90. The Hall–Kier alpha value is -1.80. The van der Waals surface area contributed by atoms with Crippen LogP contribution in [0.25, 0.3) is 0 Å². The third-order valence-corrected chi connectivity index (χ3v) is 7.11. The molecule has 7 nitrogen and oxygen atoms in total. The molecule has 1 saturated heterocycles. The molecule has 0 radical (unpaired) electrons. The second kappa shape index (κ2) is 10.0. The van der Waals surface area contributed by atoms with Gasteiger partial charge in [-0.25, -0.2) is 13.2 Å². The van der Waals surface area contributed by atoms with Crippen molar-refractivity contribution < 1.29 is 22.7 Å². The third kappa shape index (κ3) is 6.35. The van der Waals surface area contributed by atoms with Gasteiger partial charge < -0.3 is 14.4 Å². The highest BCUT2D eigenvalue weighted by Crippen LogP contribution is 2.29. The van der Waals surface area contributed by atoms with Crippen molar-refractivity contribution in [3.8, 4) is 5.75 Å². The number of piperazine rings is 1. The summed E-state index contributed by atoms with van der Waals surface area (Å²) in [5, 5.41) is 0. The lowest BCUT2D eigenvalue weighted by atomic mass is 9.85. The molecule has 1 amide bonds. The number of amides is 1. The molecular formula is C22H34N2O5S. The molecule has 2 aliphatic rings. The lowest BCUT2D eigenvalue weighted by Crippen LogP contribution is -2.53. The Morgan fingerprint density at radius 3 is 2.17 bits per heavy atom. The fraction of sp³-hybridized carbons (Fsp3) is 0.682. The zero-order chi connectivity index (χ0) is 21.7.